The fourth-order valence-electron chi connectivity index (χ4n) is 3.63. The SMILES string of the molecule is Cc1nc(C(Cc2c[nH]c3ccccc23)NC(=O)Cc2cc(F)ccc2F)cc(=O)[nH]1. The normalized spacial score (nSPS) is 12.1. The lowest BCUT2D eigenvalue weighted by atomic mass is 10.0. The molecule has 2 heterocycles. The van der Waals surface area contributed by atoms with Crippen LogP contribution in [0.25, 0.3) is 10.9 Å². The zero-order chi connectivity index (χ0) is 22.0. The maximum absolute atomic E-state index is 14.0. The van der Waals surface area contributed by atoms with E-state index >= 15 is 0 Å². The summed E-state index contributed by atoms with van der Waals surface area (Å²) in [5.41, 5.74) is 1.88. The van der Waals surface area contributed by atoms with E-state index in [1.807, 2.05) is 30.5 Å². The Labute approximate surface area is 176 Å². The van der Waals surface area contributed by atoms with Gasteiger partial charge in [-0.05, 0) is 36.8 Å². The van der Waals surface area contributed by atoms with Crippen molar-refractivity contribution in [1.82, 2.24) is 20.3 Å². The topological polar surface area (TPSA) is 90.6 Å². The number of benzene rings is 2. The van der Waals surface area contributed by atoms with Gasteiger partial charge in [0, 0.05) is 35.2 Å². The van der Waals surface area contributed by atoms with Crippen molar-refractivity contribution < 1.29 is 13.6 Å². The Morgan fingerprint density at radius 2 is 1.94 bits per heavy atom. The van der Waals surface area contributed by atoms with E-state index in [1.54, 1.807) is 6.92 Å². The molecule has 4 rings (SSSR count). The molecule has 0 fully saturated rings. The van der Waals surface area contributed by atoms with Gasteiger partial charge in [-0.3, -0.25) is 9.59 Å². The first-order valence-corrected chi connectivity index (χ1v) is 9.75. The van der Waals surface area contributed by atoms with Crippen LogP contribution >= 0.6 is 0 Å². The number of halogens is 2. The van der Waals surface area contributed by atoms with E-state index in [0.717, 1.165) is 34.7 Å². The number of hydrogen-bond acceptors (Lipinski definition) is 3. The number of carbonyl (C=O) groups excluding carboxylic acids is 1. The Balaban J connectivity index is 1.64. The Morgan fingerprint density at radius 3 is 2.74 bits per heavy atom. The molecule has 158 valence electrons. The second-order valence-electron chi connectivity index (χ2n) is 7.35. The summed E-state index contributed by atoms with van der Waals surface area (Å²) in [6, 6.07) is 11.4. The van der Waals surface area contributed by atoms with Crippen LogP contribution in [0.1, 0.15) is 28.7 Å². The number of nitrogens with one attached hydrogen (secondary N) is 3. The van der Waals surface area contributed by atoms with Gasteiger partial charge in [0.2, 0.25) is 5.91 Å². The Bertz CT molecular complexity index is 1310. The third-order valence-electron chi connectivity index (χ3n) is 5.03. The van der Waals surface area contributed by atoms with Crippen molar-refractivity contribution >= 4 is 16.8 Å². The van der Waals surface area contributed by atoms with Gasteiger partial charge in [-0.15, -0.1) is 0 Å². The number of H-pyrrole nitrogens is 2. The van der Waals surface area contributed by atoms with E-state index in [1.165, 1.54) is 6.07 Å². The van der Waals surface area contributed by atoms with Crippen molar-refractivity contribution in [2.75, 3.05) is 0 Å². The molecule has 0 bridgehead atoms. The van der Waals surface area contributed by atoms with Crippen LogP contribution in [-0.4, -0.2) is 20.9 Å². The molecule has 31 heavy (non-hydrogen) atoms. The zero-order valence-electron chi connectivity index (χ0n) is 16.7. The number of aromatic amines is 2. The summed E-state index contributed by atoms with van der Waals surface area (Å²) in [4.78, 5) is 34.8. The molecular formula is C23H20F2N4O2. The van der Waals surface area contributed by atoms with Crippen LogP contribution < -0.4 is 10.9 Å². The molecule has 0 saturated heterocycles. The number of rotatable bonds is 6. The molecule has 0 saturated carbocycles. The number of amides is 1. The molecule has 3 N–H and O–H groups in total. The Hall–Kier alpha value is -3.81. The molecule has 1 amide bonds. The Kier molecular flexibility index (Phi) is 5.62. The van der Waals surface area contributed by atoms with E-state index in [2.05, 4.69) is 20.3 Å². The molecule has 0 aliphatic heterocycles. The molecule has 2 aromatic carbocycles. The average molecular weight is 422 g/mol. The number of nitrogens with zero attached hydrogens (tertiary/aromatic N) is 1. The number of hydrogen-bond donors (Lipinski definition) is 3. The lowest BCUT2D eigenvalue weighted by molar-refractivity contribution is -0.121. The van der Waals surface area contributed by atoms with Gasteiger partial charge in [0.25, 0.3) is 5.56 Å². The molecule has 6 nitrogen and oxygen atoms in total. The standard InChI is InChI=1S/C23H20F2N4O2/c1-13-27-21(11-23(31)28-13)20(9-15-12-26-19-5-3-2-4-17(15)19)29-22(30)10-14-8-16(24)6-7-18(14)25/h2-8,11-12,20,26H,9-10H2,1H3,(H,29,30)(H,27,28,31). The lowest BCUT2D eigenvalue weighted by Crippen LogP contribution is -2.33. The fourth-order valence-corrected chi connectivity index (χ4v) is 3.63. The van der Waals surface area contributed by atoms with E-state index in [-0.39, 0.29) is 17.5 Å². The molecule has 0 radical (unpaired) electrons. The van der Waals surface area contributed by atoms with E-state index in [4.69, 9.17) is 0 Å². The Morgan fingerprint density at radius 1 is 1.13 bits per heavy atom. The van der Waals surface area contributed by atoms with Crippen molar-refractivity contribution in [3.8, 4) is 0 Å². The van der Waals surface area contributed by atoms with Crippen molar-refractivity contribution in [3.63, 3.8) is 0 Å². The van der Waals surface area contributed by atoms with Gasteiger partial charge in [0.15, 0.2) is 0 Å². The number of para-hydroxylation sites is 1. The number of fused-ring (bicyclic) bond motifs is 1. The van der Waals surface area contributed by atoms with Gasteiger partial charge in [0.1, 0.15) is 17.5 Å². The molecule has 2 aromatic heterocycles. The molecular weight excluding hydrogens is 402 g/mol. The average Bonchev–Trinajstić information content (AvgIpc) is 3.12. The molecule has 1 atom stereocenters. The number of aryl methyl sites for hydroxylation is 1. The van der Waals surface area contributed by atoms with Crippen LogP contribution in [0.2, 0.25) is 0 Å². The van der Waals surface area contributed by atoms with E-state index in [9.17, 15) is 18.4 Å². The first-order valence-electron chi connectivity index (χ1n) is 9.75. The lowest BCUT2D eigenvalue weighted by Gasteiger charge is -2.19. The van der Waals surface area contributed by atoms with Crippen molar-refractivity contribution in [2.24, 2.45) is 0 Å². The molecule has 0 aliphatic rings. The van der Waals surface area contributed by atoms with Crippen LogP contribution in [0.4, 0.5) is 8.78 Å². The highest BCUT2D eigenvalue weighted by molar-refractivity contribution is 5.83. The predicted molar refractivity (Wildman–Crippen MR) is 113 cm³/mol. The second-order valence-corrected chi connectivity index (χ2v) is 7.35. The summed E-state index contributed by atoms with van der Waals surface area (Å²) in [5, 5.41) is 3.81. The van der Waals surface area contributed by atoms with Gasteiger partial charge in [-0.1, -0.05) is 18.2 Å². The maximum Gasteiger partial charge on any atom is 0.251 e. The monoisotopic (exact) mass is 422 g/mol. The highest BCUT2D eigenvalue weighted by Gasteiger charge is 2.20. The van der Waals surface area contributed by atoms with Gasteiger partial charge >= 0.3 is 0 Å². The predicted octanol–water partition coefficient (Wildman–Crippen LogP) is 3.48. The summed E-state index contributed by atoms with van der Waals surface area (Å²) in [6.07, 6.45) is 1.86. The summed E-state index contributed by atoms with van der Waals surface area (Å²) in [5.74, 6) is -1.37. The highest BCUT2D eigenvalue weighted by Crippen LogP contribution is 2.24. The second kappa shape index (κ2) is 8.51. The minimum Gasteiger partial charge on any atom is -0.361 e. The molecule has 0 spiro atoms. The molecule has 1 unspecified atom stereocenters. The van der Waals surface area contributed by atoms with E-state index in [0.29, 0.717) is 17.9 Å². The summed E-state index contributed by atoms with van der Waals surface area (Å²) < 4.78 is 27.4. The first-order chi connectivity index (χ1) is 14.9. The van der Waals surface area contributed by atoms with Crippen molar-refractivity contribution in [1.29, 1.82) is 0 Å². The highest BCUT2D eigenvalue weighted by atomic mass is 19.1. The number of carbonyl (C=O) groups is 1. The fraction of sp³-hybridized carbons (Fsp3) is 0.174. The van der Waals surface area contributed by atoms with Gasteiger partial charge in [-0.2, -0.15) is 0 Å². The summed E-state index contributed by atoms with van der Waals surface area (Å²) in [6.45, 7) is 1.65. The van der Waals surface area contributed by atoms with Gasteiger partial charge in [-0.25, -0.2) is 13.8 Å². The van der Waals surface area contributed by atoms with Crippen LogP contribution in [0.3, 0.4) is 0 Å². The van der Waals surface area contributed by atoms with Crippen molar-refractivity contribution in [3.05, 3.63) is 99.4 Å². The minimum absolute atomic E-state index is 0.0432. The minimum atomic E-state index is -0.658. The molecule has 0 aliphatic carbocycles. The maximum atomic E-state index is 14.0. The molecule has 8 heteroatoms. The van der Waals surface area contributed by atoms with E-state index < -0.39 is 23.6 Å². The molecule has 4 aromatic rings. The quantitative estimate of drug-likeness (QED) is 0.444. The van der Waals surface area contributed by atoms with Crippen LogP contribution in [0.5, 0.6) is 0 Å². The van der Waals surface area contributed by atoms with Gasteiger partial charge in [0.05, 0.1) is 18.2 Å². The number of aromatic nitrogens is 3. The first kappa shape index (κ1) is 20.5. The third kappa shape index (κ3) is 4.69. The van der Waals surface area contributed by atoms with Crippen LogP contribution in [0, 0.1) is 18.6 Å². The largest absolute Gasteiger partial charge is 0.361 e. The summed E-state index contributed by atoms with van der Waals surface area (Å²) >= 11 is 0. The smallest absolute Gasteiger partial charge is 0.251 e. The summed E-state index contributed by atoms with van der Waals surface area (Å²) in [7, 11) is 0. The van der Waals surface area contributed by atoms with Crippen LogP contribution in [-0.2, 0) is 17.6 Å². The van der Waals surface area contributed by atoms with Crippen molar-refractivity contribution in [2.45, 2.75) is 25.8 Å². The van der Waals surface area contributed by atoms with Gasteiger partial charge < -0.3 is 15.3 Å². The van der Waals surface area contributed by atoms with Crippen LogP contribution in [0.15, 0.2) is 59.5 Å². The zero-order valence-corrected chi connectivity index (χ0v) is 16.7. The third-order valence-corrected chi connectivity index (χ3v) is 5.03.